The van der Waals surface area contributed by atoms with Crippen LogP contribution in [0, 0.1) is 6.92 Å². The van der Waals surface area contributed by atoms with Crippen molar-refractivity contribution in [3.8, 4) is 5.75 Å². The molecule has 0 unspecified atom stereocenters. The Labute approximate surface area is 220 Å². The normalized spacial score (nSPS) is 11.1. The molecule has 0 saturated carbocycles. The van der Waals surface area contributed by atoms with Crippen molar-refractivity contribution >= 4 is 29.9 Å². The fraction of sp³-hybridized carbons (Fsp3) is 0.385. The van der Waals surface area contributed by atoms with Gasteiger partial charge in [-0.2, -0.15) is 0 Å². The lowest BCUT2D eigenvalue weighted by molar-refractivity contribution is 0.145. The summed E-state index contributed by atoms with van der Waals surface area (Å²) in [5.74, 6) is 2.58. The molecule has 34 heavy (non-hydrogen) atoms. The molecular weight excluding hydrogens is 541 g/mol. The van der Waals surface area contributed by atoms with E-state index in [9.17, 15) is 0 Å². The first-order valence-electron chi connectivity index (χ1n) is 11.5. The molecule has 2 aromatic carbocycles. The number of aliphatic imine (C=N–C) groups is 1. The fourth-order valence-corrected chi connectivity index (χ4v) is 3.44. The van der Waals surface area contributed by atoms with Crippen molar-refractivity contribution in [1.29, 1.82) is 0 Å². The van der Waals surface area contributed by atoms with Crippen molar-refractivity contribution in [2.45, 2.75) is 39.9 Å². The number of halogens is 1. The zero-order valence-electron chi connectivity index (χ0n) is 20.3. The van der Waals surface area contributed by atoms with Crippen LogP contribution in [0.5, 0.6) is 5.75 Å². The van der Waals surface area contributed by atoms with E-state index in [1.807, 2.05) is 24.5 Å². The Morgan fingerprint density at radius 2 is 1.91 bits per heavy atom. The lowest BCUT2D eigenvalue weighted by Gasteiger charge is -2.14. The number of nitrogens with zero attached hydrogens (tertiary/aromatic N) is 3. The average molecular weight is 578 g/mol. The number of benzene rings is 2. The summed E-state index contributed by atoms with van der Waals surface area (Å²) in [5.41, 5.74) is 3.52. The first-order chi connectivity index (χ1) is 16.2. The molecule has 1 aromatic heterocycles. The summed E-state index contributed by atoms with van der Waals surface area (Å²) in [5, 5.41) is 6.73. The van der Waals surface area contributed by atoms with Crippen LogP contribution in [0.1, 0.15) is 29.4 Å². The van der Waals surface area contributed by atoms with Crippen LogP contribution in [0.2, 0.25) is 0 Å². The van der Waals surface area contributed by atoms with E-state index in [1.165, 1.54) is 5.56 Å². The summed E-state index contributed by atoms with van der Waals surface area (Å²) in [4.78, 5) is 9.30. The summed E-state index contributed by atoms with van der Waals surface area (Å²) >= 11 is 0. The van der Waals surface area contributed by atoms with Crippen molar-refractivity contribution in [1.82, 2.24) is 20.2 Å². The molecule has 0 radical (unpaired) electrons. The van der Waals surface area contributed by atoms with Gasteiger partial charge in [-0.25, -0.2) is 9.98 Å². The van der Waals surface area contributed by atoms with Gasteiger partial charge in [0.2, 0.25) is 0 Å². The van der Waals surface area contributed by atoms with E-state index in [0.29, 0.717) is 26.3 Å². The Balaban J connectivity index is 0.00000408. The largest absolute Gasteiger partial charge is 0.491 e. The molecular formula is C26H36IN5O2. The van der Waals surface area contributed by atoms with E-state index >= 15 is 0 Å². The number of hydrogen-bond acceptors (Lipinski definition) is 4. The zero-order valence-corrected chi connectivity index (χ0v) is 22.6. The number of rotatable bonds is 12. The van der Waals surface area contributed by atoms with Gasteiger partial charge in [-0.3, -0.25) is 0 Å². The van der Waals surface area contributed by atoms with Crippen molar-refractivity contribution in [2.75, 3.05) is 26.9 Å². The Kier molecular flexibility index (Phi) is 12.5. The summed E-state index contributed by atoms with van der Waals surface area (Å²) in [6.45, 7) is 7.96. The predicted molar refractivity (Wildman–Crippen MR) is 148 cm³/mol. The highest BCUT2D eigenvalue weighted by atomic mass is 127. The maximum absolute atomic E-state index is 5.90. The van der Waals surface area contributed by atoms with E-state index in [0.717, 1.165) is 48.2 Å². The molecule has 2 N–H and O–H groups in total. The van der Waals surface area contributed by atoms with Crippen molar-refractivity contribution in [3.05, 3.63) is 83.4 Å². The van der Waals surface area contributed by atoms with Gasteiger partial charge in [-0.15, -0.1) is 24.0 Å². The summed E-state index contributed by atoms with van der Waals surface area (Å²) in [7, 11) is 1.67. The third-order valence-electron chi connectivity index (χ3n) is 5.22. The highest BCUT2D eigenvalue weighted by Crippen LogP contribution is 2.21. The number of ether oxygens (including phenoxy) is 2. The van der Waals surface area contributed by atoms with Gasteiger partial charge in [-0.1, -0.05) is 42.5 Å². The van der Waals surface area contributed by atoms with Gasteiger partial charge in [0.1, 0.15) is 18.2 Å². The van der Waals surface area contributed by atoms with Crippen LogP contribution in [0.3, 0.4) is 0 Å². The Bertz CT molecular complexity index is 1010. The van der Waals surface area contributed by atoms with Crippen molar-refractivity contribution in [3.63, 3.8) is 0 Å². The average Bonchev–Trinajstić information content (AvgIpc) is 3.28. The Hall–Kier alpha value is -2.59. The minimum atomic E-state index is 0. The second-order valence-electron chi connectivity index (χ2n) is 7.77. The molecule has 184 valence electrons. The van der Waals surface area contributed by atoms with Gasteiger partial charge < -0.3 is 24.7 Å². The Morgan fingerprint density at radius 3 is 2.68 bits per heavy atom. The van der Waals surface area contributed by atoms with Gasteiger partial charge >= 0.3 is 0 Å². The van der Waals surface area contributed by atoms with E-state index in [2.05, 4.69) is 70.4 Å². The summed E-state index contributed by atoms with van der Waals surface area (Å²) in [6.07, 6.45) is 4.85. The van der Waals surface area contributed by atoms with E-state index in [4.69, 9.17) is 14.5 Å². The monoisotopic (exact) mass is 577 g/mol. The van der Waals surface area contributed by atoms with Gasteiger partial charge in [-0.05, 0) is 37.5 Å². The topological polar surface area (TPSA) is 72.7 Å². The number of guanidine groups is 1. The third kappa shape index (κ3) is 8.98. The number of aryl methyl sites for hydroxylation is 3. The maximum Gasteiger partial charge on any atom is 0.191 e. The van der Waals surface area contributed by atoms with Crippen LogP contribution in [0.4, 0.5) is 0 Å². The van der Waals surface area contributed by atoms with Crippen LogP contribution >= 0.6 is 24.0 Å². The van der Waals surface area contributed by atoms with Gasteiger partial charge in [0.05, 0.1) is 19.7 Å². The lowest BCUT2D eigenvalue weighted by Crippen LogP contribution is -2.37. The fourth-order valence-electron chi connectivity index (χ4n) is 3.44. The highest BCUT2D eigenvalue weighted by Gasteiger charge is 2.07. The van der Waals surface area contributed by atoms with E-state index in [1.54, 1.807) is 7.11 Å². The molecule has 8 heteroatoms. The first kappa shape index (κ1) is 27.7. The number of hydrogen-bond donors (Lipinski definition) is 2. The summed E-state index contributed by atoms with van der Waals surface area (Å²) < 4.78 is 13.2. The second kappa shape index (κ2) is 15.3. The van der Waals surface area contributed by atoms with E-state index < -0.39 is 0 Å². The number of methoxy groups -OCH3 is 1. The molecule has 7 nitrogen and oxygen atoms in total. The van der Waals surface area contributed by atoms with Crippen LogP contribution in [0.15, 0.2) is 65.9 Å². The maximum atomic E-state index is 5.90. The molecule has 1 heterocycles. The van der Waals surface area contributed by atoms with Gasteiger partial charge in [0.15, 0.2) is 5.96 Å². The molecule has 0 atom stereocenters. The third-order valence-corrected chi connectivity index (χ3v) is 5.22. The Morgan fingerprint density at radius 1 is 1.09 bits per heavy atom. The van der Waals surface area contributed by atoms with Crippen LogP contribution < -0.4 is 15.4 Å². The molecule has 0 aliphatic carbocycles. The standard InChI is InChI=1S/C26H35N5O2.HI/c1-4-27-26(29-19-23-11-10-21(2)18-24(23)33-17-16-32-3)30-20-25-28-13-15-31(25)14-12-22-8-6-5-7-9-22;/h5-11,13,15,18H,4,12,14,16-17,19-20H2,1-3H3,(H2,27,29,30);1H. The number of aromatic nitrogens is 2. The number of imidazole rings is 1. The zero-order chi connectivity index (χ0) is 23.3. The SMILES string of the molecule is CCNC(=NCc1ccc(C)cc1OCCOC)NCc1nccn1CCc1ccccc1.I. The molecule has 0 amide bonds. The molecule has 0 fully saturated rings. The molecule has 0 aliphatic heterocycles. The lowest BCUT2D eigenvalue weighted by atomic mass is 10.1. The predicted octanol–water partition coefficient (Wildman–Crippen LogP) is 4.33. The minimum Gasteiger partial charge on any atom is -0.491 e. The van der Waals surface area contributed by atoms with E-state index in [-0.39, 0.29) is 24.0 Å². The molecule has 0 aliphatic rings. The molecule has 3 rings (SSSR count). The van der Waals surface area contributed by atoms with Crippen LogP contribution in [-0.4, -0.2) is 42.4 Å². The summed E-state index contributed by atoms with van der Waals surface area (Å²) in [6, 6.07) is 16.7. The molecule has 0 spiro atoms. The van der Waals surface area contributed by atoms with Crippen LogP contribution in [-0.2, 0) is 30.8 Å². The van der Waals surface area contributed by atoms with Gasteiger partial charge in [0.25, 0.3) is 0 Å². The highest BCUT2D eigenvalue weighted by molar-refractivity contribution is 14.0. The minimum absolute atomic E-state index is 0. The van der Waals surface area contributed by atoms with Crippen molar-refractivity contribution in [2.24, 2.45) is 4.99 Å². The smallest absolute Gasteiger partial charge is 0.191 e. The second-order valence-corrected chi connectivity index (χ2v) is 7.77. The van der Waals surface area contributed by atoms with Crippen molar-refractivity contribution < 1.29 is 9.47 Å². The first-order valence-corrected chi connectivity index (χ1v) is 11.5. The van der Waals surface area contributed by atoms with Crippen LogP contribution in [0.25, 0.3) is 0 Å². The quantitative estimate of drug-likeness (QED) is 0.145. The van der Waals surface area contributed by atoms with Gasteiger partial charge in [0, 0.05) is 38.2 Å². The molecule has 0 bridgehead atoms. The molecule has 3 aromatic rings. The molecule has 0 saturated heterocycles. The number of nitrogens with one attached hydrogen (secondary N) is 2.